The Kier molecular flexibility index (Phi) is 8.03. The van der Waals surface area contributed by atoms with E-state index in [1.165, 1.54) is 13.2 Å². The maximum Gasteiger partial charge on any atom is 0.307 e. The Bertz CT molecular complexity index is 775. The Balaban J connectivity index is 2.13. The fourth-order valence-corrected chi connectivity index (χ4v) is 2.48. The highest BCUT2D eigenvalue weighted by Crippen LogP contribution is 2.19. The van der Waals surface area contributed by atoms with E-state index in [1.54, 1.807) is 23.4 Å². The predicted octanol–water partition coefficient (Wildman–Crippen LogP) is 3.09. The SMILES string of the molecule is CCOc1ccccc1/C=C/C(=O)N(CCC(=O)OC)Cc1ccncc1. The van der Waals surface area contributed by atoms with Gasteiger partial charge in [0.25, 0.3) is 0 Å². The van der Waals surface area contributed by atoms with Crippen molar-refractivity contribution in [2.75, 3.05) is 20.3 Å². The van der Waals surface area contributed by atoms with E-state index >= 15 is 0 Å². The van der Waals surface area contributed by atoms with Crippen molar-refractivity contribution in [2.24, 2.45) is 0 Å². The summed E-state index contributed by atoms with van der Waals surface area (Å²) in [5, 5.41) is 0. The molecule has 1 heterocycles. The topological polar surface area (TPSA) is 68.7 Å². The molecule has 0 aliphatic rings. The van der Waals surface area contributed by atoms with Gasteiger partial charge in [0.2, 0.25) is 5.91 Å². The lowest BCUT2D eigenvalue weighted by Gasteiger charge is -2.21. The van der Waals surface area contributed by atoms with Crippen LogP contribution in [0.2, 0.25) is 0 Å². The molecule has 2 aromatic rings. The zero-order chi connectivity index (χ0) is 19.5. The van der Waals surface area contributed by atoms with Crippen molar-refractivity contribution in [1.29, 1.82) is 0 Å². The molecule has 0 saturated carbocycles. The van der Waals surface area contributed by atoms with E-state index in [1.807, 2.05) is 43.3 Å². The van der Waals surface area contributed by atoms with E-state index in [0.717, 1.165) is 16.9 Å². The maximum absolute atomic E-state index is 12.7. The molecule has 6 nitrogen and oxygen atoms in total. The van der Waals surface area contributed by atoms with Gasteiger partial charge in [0.05, 0.1) is 20.1 Å². The predicted molar refractivity (Wildman–Crippen MR) is 103 cm³/mol. The standard InChI is InChI=1S/C21H24N2O4/c1-3-27-19-7-5-4-6-18(19)8-9-20(24)23(15-12-21(25)26-2)16-17-10-13-22-14-11-17/h4-11,13-14H,3,12,15-16H2,1-2H3/b9-8+. The van der Waals surface area contributed by atoms with Crippen LogP contribution in [0.15, 0.2) is 54.9 Å². The van der Waals surface area contributed by atoms with Gasteiger partial charge in [-0.05, 0) is 36.8 Å². The molecule has 0 atom stereocenters. The van der Waals surface area contributed by atoms with Crippen LogP contribution in [0.3, 0.4) is 0 Å². The summed E-state index contributed by atoms with van der Waals surface area (Å²) in [6.07, 6.45) is 6.71. The smallest absolute Gasteiger partial charge is 0.307 e. The summed E-state index contributed by atoms with van der Waals surface area (Å²) in [5.41, 5.74) is 1.76. The second-order valence-electron chi connectivity index (χ2n) is 5.75. The van der Waals surface area contributed by atoms with Crippen molar-refractivity contribution in [3.05, 3.63) is 66.0 Å². The van der Waals surface area contributed by atoms with Crippen LogP contribution in [0, 0.1) is 0 Å². The van der Waals surface area contributed by atoms with Crippen LogP contribution in [0.25, 0.3) is 6.08 Å². The van der Waals surface area contributed by atoms with Gasteiger partial charge in [-0.1, -0.05) is 18.2 Å². The Morgan fingerprint density at radius 2 is 1.89 bits per heavy atom. The van der Waals surface area contributed by atoms with Gasteiger partial charge in [-0.3, -0.25) is 14.6 Å². The summed E-state index contributed by atoms with van der Waals surface area (Å²) >= 11 is 0. The van der Waals surface area contributed by atoms with E-state index < -0.39 is 0 Å². The summed E-state index contributed by atoms with van der Waals surface area (Å²) in [6.45, 7) is 3.11. The first-order valence-corrected chi connectivity index (χ1v) is 8.78. The number of esters is 1. The highest BCUT2D eigenvalue weighted by molar-refractivity contribution is 5.92. The van der Waals surface area contributed by atoms with Crippen LogP contribution in [-0.4, -0.2) is 42.0 Å². The molecule has 1 amide bonds. The lowest BCUT2D eigenvalue weighted by Crippen LogP contribution is -2.31. The molecular weight excluding hydrogens is 344 g/mol. The lowest BCUT2D eigenvalue weighted by atomic mass is 10.1. The maximum atomic E-state index is 12.7. The molecule has 6 heteroatoms. The number of carbonyl (C=O) groups is 2. The van der Waals surface area contributed by atoms with Crippen LogP contribution in [-0.2, 0) is 20.9 Å². The van der Waals surface area contributed by atoms with Crippen LogP contribution in [0.4, 0.5) is 0 Å². The van der Waals surface area contributed by atoms with Crippen molar-refractivity contribution in [1.82, 2.24) is 9.88 Å². The monoisotopic (exact) mass is 368 g/mol. The Morgan fingerprint density at radius 1 is 1.15 bits per heavy atom. The molecule has 0 aliphatic carbocycles. The van der Waals surface area contributed by atoms with Crippen molar-refractivity contribution in [3.8, 4) is 5.75 Å². The third-order valence-electron chi connectivity index (χ3n) is 3.87. The number of aromatic nitrogens is 1. The largest absolute Gasteiger partial charge is 0.493 e. The minimum atomic E-state index is -0.354. The number of pyridine rings is 1. The molecule has 0 fully saturated rings. The second-order valence-corrected chi connectivity index (χ2v) is 5.75. The highest BCUT2D eigenvalue weighted by atomic mass is 16.5. The van der Waals surface area contributed by atoms with E-state index in [-0.39, 0.29) is 24.8 Å². The van der Waals surface area contributed by atoms with E-state index in [9.17, 15) is 9.59 Å². The number of hydrogen-bond donors (Lipinski definition) is 0. The number of nitrogens with zero attached hydrogens (tertiary/aromatic N) is 2. The number of ether oxygens (including phenoxy) is 2. The van der Waals surface area contributed by atoms with Gasteiger partial charge in [-0.2, -0.15) is 0 Å². The van der Waals surface area contributed by atoms with Gasteiger partial charge < -0.3 is 14.4 Å². The van der Waals surface area contributed by atoms with Crippen LogP contribution < -0.4 is 4.74 Å². The number of amides is 1. The number of rotatable bonds is 9. The van der Waals surface area contributed by atoms with Crippen LogP contribution in [0.5, 0.6) is 5.75 Å². The van der Waals surface area contributed by atoms with Gasteiger partial charge in [0.1, 0.15) is 5.75 Å². The fraction of sp³-hybridized carbons (Fsp3) is 0.286. The average Bonchev–Trinajstić information content (AvgIpc) is 2.71. The molecule has 142 valence electrons. The molecule has 27 heavy (non-hydrogen) atoms. The molecule has 2 rings (SSSR count). The number of para-hydroxylation sites is 1. The molecule has 0 saturated heterocycles. The molecule has 1 aromatic carbocycles. The van der Waals surface area contributed by atoms with Gasteiger partial charge in [-0.25, -0.2) is 0 Å². The van der Waals surface area contributed by atoms with Crippen LogP contribution in [0.1, 0.15) is 24.5 Å². The first-order valence-electron chi connectivity index (χ1n) is 8.78. The number of benzene rings is 1. The van der Waals surface area contributed by atoms with Gasteiger partial charge in [-0.15, -0.1) is 0 Å². The molecule has 0 aliphatic heterocycles. The van der Waals surface area contributed by atoms with Gasteiger partial charge in [0.15, 0.2) is 0 Å². The molecule has 0 radical (unpaired) electrons. The summed E-state index contributed by atoms with van der Waals surface area (Å²) in [5.74, 6) is 0.175. The zero-order valence-electron chi connectivity index (χ0n) is 15.6. The van der Waals surface area contributed by atoms with Crippen molar-refractivity contribution in [3.63, 3.8) is 0 Å². The van der Waals surface area contributed by atoms with E-state index in [0.29, 0.717) is 13.2 Å². The summed E-state index contributed by atoms with van der Waals surface area (Å²) in [6, 6.07) is 11.2. The van der Waals surface area contributed by atoms with Crippen LogP contribution >= 0.6 is 0 Å². The van der Waals surface area contributed by atoms with E-state index in [4.69, 9.17) is 4.74 Å². The first-order chi connectivity index (χ1) is 13.1. The molecule has 0 spiro atoms. The zero-order valence-corrected chi connectivity index (χ0v) is 15.6. The molecule has 0 N–H and O–H groups in total. The second kappa shape index (κ2) is 10.8. The number of carbonyl (C=O) groups excluding carboxylic acids is 2. The highest BCUT2D eigenvalue weighted by Gasteiger charge is 2.14. The van der Waals surface area contributed by atoms with Crippen molar-refractivity contribution < 1.29 is 19.1 Å². The average molecular weight is 368 g/mol. The number of methoxy groups -OCH3 is 1. The number of hydrogen-bond acceptors (Lipinski definition) is 5. The molecule has 1 aromatic heterocycles. The minimum absolute atomic E-state index is 0.136. The summed E-state index contributed by atoms with van der Waals surface area (Å²) in [4.78, 5) is 29.8. The quantitative estimate of drug-likeness (QED) is 0.503. The Morgan fingerprint density at radius 3 is 2.59 bits per heavy atom. The first kappa shape index (κ1) is 20.2. The van der Waals surface area contributed by atoms with Gasteiger partial charge in [0, 0.05) is 37.1 Å². The third kappa shape index (κ3) is 6.58. The summed E-state index contributed by atoms with van der Waals surface area (Å²) in [7, 11) is 1.34. The molecule has 0 bridgehead atoms. The van der Waals surface area contributed by atoms with E-state index in [2.05, 4.69) is 9.72 Å². The molecule has 0 unspecified atom stereocenters. The normalized spacial score (nSPS) is 10.6. The Labute approximate surface area is 159 Å². The molecular formula is C21H24N2O4. The Hall–Kier alpha value is -3.15. The van der Waals surface area contributed by atoms with Crippen molar-refractivity contribution >= 4 is 18.0 Å². The fourth-order valence-electron chi connectivity index (χ4n) is 2.48. The minimum Gasteiger partial charge on any atom is -0.493 e. The lowest BCUT2D eigenvalue weighted by molar-refractivity contribution is -0.141. The van der Waals surface area contributed by atoms with Crippen molar-refractivity contribution in [2.45, 2.75) is 19.9 Å². The summed E-state index contributed by atoms with van der Waals surface area (Å²) < 4.78 is 10.3. The van der Waals surface area contributed by atoms with Gasteiger partial charge >= 0.3 is 5.97 Å². The third-order valence-corrected chi connectivity index (χ3v) is 3.87.